The fourth-order valence-corrected chi connectivity index (χ4v) is 0.250. The number of hydrogen-bond acceptors (Lipinski definition) is 3. The molecule has 8 heavy (non-hydrogen) atoms. The van der Waals surface area contributed by atoms with E-state index in [1.807, 2.05) is 0 Å². The summed E-state index contributed by atoms with van der Waals surface area (Å²) in [7, 11) is 4.42. The molecule has 3 nitrogen and oxygen atoms in total. The van der Waals surface area contributed by atoms with Gasteiger partial charge in [0.05, 0.1) is 21.3 Å². The molecular weight excluding hydrogens is 108 g/mol. The lowest BCUT2D eigenvalue weighted by atomic mass is 10.9. The van der Waals surface area contributed by atoms with Crippen LogP contribution in [0.15, 0.2) is 5.95 Å². The molecule has 0 rings (SSSR count). The maximum absolute atomic E-state index is 4.60. The molecule has 0 aliphatic carbocycles. The van der Waals surface area contributed by atoms with Crippen LogP contribution in [0.25, 0.3) is 0 Å². The second-order valence-electron chi connectivity index (χ2n) is 1.00. The molecule has 0 spiro atoms. The Balaban J connectivity index is 3.49. The lowest BCUT2D eigenvalue weighted by Gasteiger charge is -1.99. The van der Waals surface area contributed by atoms with Gasteiger partial charge in [-0.1, -0.05) is 0 Å². The van der Waals surface area contributed by atoms with Gasteiger partial charge in [-0.3, -0.25) is 0 Å². The zero-order valence-corrected chi connectivity index (χ0v) is 5.22. The maximum atomic E-state index is 4.60. The lowest BCUT2D eigenvalue weighted by Crippen LogP contribution is -1.89. The van der Waals surface area contributed by atoms with Gasteiger partial charge in [-0.15, -0.1) is 0 Å². The normalized spacial score (nSPS) is 7.38. The Hall–Kier alpha value is -0.860. The first-order valence-corrected chi connectivity index (χ1v) is 2.09. The predicted octanol–water partition coefficient (Wildman–Crippen LogP) is 0.528. The van der Waals surface area contributed by atoms with Gasteiger partial charge in [-0.2, -0.15) is 0 Å². The first-order valence-electron chi connectivity index (χ1n) is 2.09. The molecule has 0 bridgehead atoms. The molecule has 0 aliphatic rings. The standard InChI is InChI=1S/C5H9O3/c1-6-4-5(7-2)8-3/h1-3H3. The molecule has 0 aliphatic heterocycles. The monoisotopic (exact) mass is 117 g/mol. The topological polar surface area (TPSA) is 27.7 Å². The minimum absolute atomic E-state index is 0.243. The van der Waals surface area contributed by atoms with Crippen LogP contribution in [0, 0.1) is 6.26 Å². The van der Waals surface area contributed by atoms with Crippen molar-refractivity contribution < 1.29 is 14.2 Å². The third kappa shape index (κ3) is 2.34. The largest absolute Gasteiger partial charge is 0.487 e. The molecule has 0 aromatic heterocycles. The Bertz CT molecular complexity index is 71.7. The van der Waals surface area contributed by atoms with Crippen LogP contribution in [0.5, 0.6) is 0 Å². The van der Waals surface area contributed by atoms with Crippen LogP contribution in [0.2, 0.25) is 0 Å². The zero-order chi connectivity index (χ0) is 6.41. The molecule has 0 aromatic carbocycles. The van der Waals surface area contributed by atoms with Crippen LogP contribution >= 0.6 is 0 Å². The van der Waals surface area contributed by atoms with E-state index < -0.39 is 0 Å². The third-order valence-corrected chi connectivity index (χ3v) is 0.556. The number of methoxy groups -OCH3 is 3. The highest BCUT2D eigenvalue weighted by Gasteiger charge is 1.89. The summed E-state index contributed by atoms with van der Waals surface area (Å²) in [6.45, 7) is 0. The van der Waals surface area contributed by atoms with E-state index in [1.165, 1.54) is 21.3 Å². The van der Waals surface area contributed by atoms with Gasteiger partial charge in [-0.25, -0.2) is 0 Å². The van der Waals surface area contributed by atoms with E-state index in [0.29, 0.717) is 0 Å². The molecular formula is C5H9O3. The van der Waals surface area contributed by atoms with Gasteiger partial charge in [0.2, 0.25) is 6.26 Å². The van der Waals surface area contributed by atoms with E-state index in [9.17, 15) is 0 Å². The lowest BCUT2D eigenvalue weighted by molar-refractivity contribution is 0.0734. The molecule has 0 unspecified atom stereocenters. The number of ether oxygens (including phenoxy) is 3. The van der Waals surface area contributed by atoms with Crippen molar-refractivity contribution in [3.63, 3.8) is 0 Å². The molecule has 47 valence electrons. The van der Waals surface area contributed by atoms with Gasteiger partial charge in [0.25, 0.3) is 0 Å². The van der Waals surface area contributed by atoms with Gasteiger partial charge in [0.1, 0.15) is 0 Å². The highest BCUT2D eigenvalue weighted by Crippen LogP contribution is 1.91. The van der Waals surface area contributed by atoms with E-state index in [0.717, 1.165) is 0 Å². The van der Waals surface area contributed by atoms with Crippen LogP contribution in [-0.2, 0) is 14.2 Å². The van der Waals surface area contributed by atoms with Crippen LogP contribution in [0.4, 0.5) is 0 Å². The Morgan fingerprint density at radius 3 is 1.75 bits per heavy atom. The van der Waals surface area contributed by atoms with Gasteiger partial charge < -0.3 is 14.2 Å². The summed E-state index contributed by atoms with van der Waals surface area (Å²) in [5, 5.41) is 0. The first kappa shape index (κ1) is 7.14. The second-order valence-corrected chi connectivity index (χ2v) is 1.00. The van der Waals surface area contributed by atoms with Crippen molar-refractivity contribution in [1.29, 1.82) is 0 Å². The van der Waals surface area contributed by atoms with Gasteiger partial charge in [0.15, 0.2) is 0 Å². The third-order valence-electron chi connectivity index (χ3n) is 0.556. The zero-order valence-electron chi connectivity index (χ0n) is 5.22. The van der Waals surface area contributed by atoms with Crippen molar-refractivity contribution in [3.8, 4) is 0 Å². The molecule has 1 radical (unpaired) electrons. The maximum Gasteiger partial charge on any atom is 0.327 e. The van der Waals surface area contributed by atoms with E-state index >= 15 is 0 Å². The number of rotatable bonds is 3. The summed E-state index contributed by atoms with van der Waals surface area (Å²) >= 11 is 0. The Kier molecular flexibility index (Phi) is 3.84. The van der Waals surface area contributed by atoms with Crippen molar-refractivity contribution in [2.75, 3.05) is 21.3 Å². The molecule has 0 atom stereocenters. The Morgan fingerprint density at radius 1 is 1.12 bits per heavy atom. The fourth-order valence-electron chi connectivity index (χ4n) is 0.250. The van der Waals surface area contributed by atoms with Crippen molar-refractivity contribution >= 4 is 0 Å². The van der Waals surface area contributed by atoms with Crippen molar-refractivity contribution in [2.24, 2.45) is 0 Å². The molecule has 3 heteroatoms. The second kappa shape index (κ2) is 4.30. The van der Waals surface area contributed by atoms with E-state index in [2.05, 4.69) is 20.5 Å². The minimum Gasteiger partial charge on any atom is -0.487 e. The molecule has 0 fully saturated rings. The molecule has 0 aromatic rings. The summed E-state index contributed by atoms with van der Waals surface area (Å²) in [6, 6.07) is 0. The van der Waals surface area contributed by atoms with Crippen molar-refractivity contribution in [1.82, 2.24) is 0 Å². The van der Waals surface area contributed by atoms with E-state index in [-0.39, 0.29) is 5.95 Å². The quantitative estimate of drug-likeness (QED) is 0.504. The predicted molar refractivity (Wildman–Crippen MR) is 27.8 cm³/mol. The van der Waals surface area contributed by atoms with Gasteiger partial charge in [-0.05, 0) is 0 Å². The average Bonchev–Trinajstić information content (AvgIpc) is 1.83. The molecule has 0 heterocycles. The van der Waals surface area contributed by atoms with Gasteiger partial charge >= 0.3 is 5.95 Å². The molecule has 0 saturated heterocycles. The smallest absolute Gasteiger partial charge is 0.327 e. The van der Waals surface area contributed by atoms with E-state index in [4.69, 9.17) is 0 Å². The fraction of sp³-hybridized carbons (Fsp3) is 0.600. The number of hydrogen-bond donors (Lipinski definition) is 0. The van der Waals surface area contributed by atoms with Crippen molar-refractivity contribution in [2.45, 2.75) is 0 Å². The highest BCUT2D eigenvalue weighted by atomic mass is 16.7. The average molecular weight is 117 g/mol. The van der Waals surface area contributed by atoms with Crippen LogP contribution < -0.4 is 0 Å². The molecule has 0 N–H and O–H groups in total. The summed E-state index contributed by atoms with van der Waals surface area (Å²) in [5.41, 5.74) is 0. The van der Waals surface area contributed by atoms with Crippen LogP contribution in [-0.4, -0.2) is 21.3 Å². The molecule has 0 amide bonds. The minimum atomic E-state index is 0.243. The SMILES string of the molecule is CO[C]=C(OC)OC. The van der Waals surface area contributed by atoms with Crippen LogP contribution in [0.3, 0.4) is 0 Å². The Labute approximate surface area is 48.9 Å². The summed E-state index contributed by atoms with van der Waals surface area (Å²) in [6.07, 6.45) is 2.35. The van der Waals surface area contributed by atoms with E-state index in [1.54, 1.807) is 0 Å². The van der Waals surface area contributed by atoms with Crippen LogP contribution in [0.1, 0.15) is 0 Å². The van der Waals surface area contributed by atoms with Gasteiger partial charge in [0, 0.05) is 0 Å². The van der Waals surface area contributed by atoms with Crippen molar-refractivity contribution in [3.05, 3.63) is 12.2 Å². The first-order chi connectivity index (χ1) is 3.85. The molecule has 0 saturated carbocycles. The Morgan fingerprint density at radius 2 is 1.62 bits per heavy atom. The summed E-state index contributed by atoms with van der Waals surface area (Å²) in [4.78, 5) is 0. The highest BCUT2D eigenvalue weighted by molar-refractivity contribution is 4.64. The summed E-state index contributed by atoms with van der Waals surface area (Å²) in [5.74, 6) is 0.243. The summed E-state index contributed by atoms with van der Waals surface area (Å²) < 4.78 is 13.6.